The summed E-state index contributed by atoms with van der Waals surface area (Å²) >= 11 is 0. The second kappa shape index (κ2) is 9.39. The number of rotatable bonds is 8. The highest BCUT2D eigenvalue weighted by atomic mass is 16.5. The summed E-state index contributed by atoms with van der Waals surface area (Å²) in [5.41, 5.74) is 6.05. The number of primary amides is 1. The van der Waals surface area contributed by atoms with Crippen LogP contribution in [0, 0.1) is 5.92 Å². The molecule has 1 fully saturated rings. The Morgan fingerprint density at radius 1 is 1.30 bits per heavy atom. The van der Waals surface area contributed by atoms with Gasteiger partial charge >= 0.3 is 5.97 Å². The number of carbonyl (C=O) groups is 3. The molecular weight excluding hydrogens is 348 g/mol. The second-order valence-electron chi connectivity index (χ2n) is 6.79. The van der Waals surface area contributed by atoms with E-state index in [4.69, 9.17) is 15.2 Å². The molecule has 1 heterocycles. The molecule has 3 unspecified atom stereocenters. The molecule has 2 amide bonds. The molecule has 1 aromatic rings. The van der Waals surface area contributed by atoms with E-state index in [-0.39, 0.29) is 12.3 Å². The van der Waals surface area contributed by atoms with E-state index in [1.165, 1.54) is 6.92 Å². The summed E-state index contributed by atoms with van der Waals surface area (Å²) in [5, 5.41) is 0. The Balaban J connectivity index is 2.34. The summed E-state index contributed by atoms with van der Waals surface area (Å²) < 4.78 is 10.5. The zero-order chi connectivity index (χ0) is 20.0. The van der Waals surface area contributed by atoms with Gasteiger partial charge in [-0.25, -0.2) is 0 Å². The highest BCUT2D eigenvalue weighted by Crippen LogP contribution is 2.38. The highest BCUT2D eigenvalue weighted by Gasteiger charge is 2.41. The van der Waals surface area contributed by atoms with Crippen LogP contribution in [0.5, 0.6) is 5.75 Å². The molecule has 0 spiro atoms. The molecule has 0 saturated carbocycles. The van der Waals surface area contributed by atoms with Crippen molar-refractivity contribution in [3.8, 4) is 5.75 Å². The lowest BCUT2D eigenvalue weighted by molar-refractivity contribution is -0.164. The van der Waals surface area contributed by atoms with Gasteiger partial charge in [-0.2, -0.15) is 0 Å². The number of carbonyl (C=O) groups excluding carboxylic acids is 3. The van der Waals surface area contributed by atoms with E-state index in [0.717, 1.165) is 18.4 Å². The number of esters is 1. The van der Waals surface area contributed by atoms with Gasteiger partial charge in [0.15, 0.2) is 6.10 Å². The van der Waals surface area contributed by atoms with Crippen LogP contribution in [0.15, 0.2) is 24.3 Å². The number of benzene rings is 1. The Labute approximate surface area is 159 Å². The van der Waals surface area contributed by atoms with E-state index >= 15 is 0 Å². The van der Waals surface area contributed by atoms with Crippen LogP contribution in [0.2, 0.25) is 0 Å². The average Bonchev–Trinajstić information content (AvgIpc) is 2.66. The molecule has 1 saturated heterocycles. The van der Waals surface area contributed by atoms with Crippen LogP contribution in [0.1, 0.15) is 51.1 Å². The molecule has 0 aromatic heterocycles. The lowest BCUT2D eigenvalue weighted by Crippen LogP contribution is -2.47. The van der Waals surface area contributed by atoms with Crippen LogP contribution in [0.25, 0.3) is 0 Å². The second-order valence-corrected chi connectivity index (χ2v) is 6.79. The Morgan fingerprint density at radius 2 is 1.96 bits per heavy atom. The van der Waals surface area contributed by atoms with Gasteiger partial charge in [0.25, 0.3) is 5.91 Å². The first-order valence-corrected chi connectivity index (χ1v) is 9.32. The molecular formula is C20H28N2O5. The van der Waals surface area contributed by atoms with Gasteiger partial charge in [0.1, 0.15) is 5.75 Å². The molecule has 1 aliphatic rings. The molecule has 3 atom stereocenters. The maximum absolute atomic E-state index is 12.8. The summed E-state index contributed by atoms with van der Waals surface area (Å²) in [5.74, 6) is -1.02. The first-order chi connectivity index (χ1) is 12.9. The summed E-state index contributed by atoms with van der Waals surface area (Å²) in [6, 6.07) is 6.90. The maximum atomic E-state index is 12.8. The summed E-state index contributed by atoms with van der Waals surface area (Å²) in [4.78, 5) is 38.4. The van der Waals surface area contributed by atoms with Crippen LogP contribution >= 0.6 is 0 Å². The molecule has 0 bridgehead atoms. The predicted molar refractivity (Wildman–Crippen MR) is 99.8 cm³/mol. The largest absolute Gasteiger partial charge is 0.497 e. The molecule has 0 radical (unpaired) electrons. The van der Waals surface area contributed by atoms with Crippen LogP contribution in [-0.2, 0) is 19.1 Å². The molecule has 2 rings (SSSR count). The van der Waals surface area contributed by atoms with Crippen LogP contribution < -0.4 is 10.5 Å². The molecule has 2 N–H and O–H groups in total. The number of nitrogens with two attached hydrogens (primary N) is 1. The summed E-state index contributed by atoms with van der Waals surface area (Å²) in [7, 11) is 1.58. The van der Waals surface area contributed by atoms with Gasteiger partial charge in [-0.3, -0.25) is 14.4 Å². The number of methoxy groups -OCH3 is 1. The molecule has 1 aromatic carbocycles. The van der Waals surface area contributed by atoms with E-state index in [1.54, 1.807) is 24.1 Å². The topological polar surface area (TPSA) is 98.9 Å². The van der Waals surface area contributed by atoms with Crippen LogP contribution in [0.3, 0.4) is 0 Å². The fourth-order valence-corrected chi connectivity index (χ4v) is 3.32. The fraction of sp³-hybridized carbons (Fsp3) is 0.550. The fourth-order valence-electron chi connectivity index (χ4n) is 3.32. The number of amides is 2. The van der Waals surface area contributed by atoms with E-state index in [2.05, 4.69) is 6.92 Å². The minimum Gasteiger partial charge on any atom is -0.497 e. The maximum Gasteiger partial charge on any atom is 0.312 e. The number of unbranched alkanes of at least 4 members (excludes halogenated alkanes) is 1. The average molecular weight is 376 g/mol. The summed E-state index contributed by atoms with van der Waals surface area (Å²) in [6.45, 7) is 4.07. The number of piperidine rings is 1. The number of hydrogen-bond donors (Lipinski definition) is 1. The smallest absolute Gasteiger partial charge is 0.312 e. The monoisotopic (exact) mass is 376 g/mol. The van der Waals surface area contributed by atoms with Crippen LogP contribution in [0.4, 0.5) is 0 Å². The van der Waals surface area contributed by atoms with Crippen molar-refractivity contribution >= 4 is 17.8 Å². The van der Waals surface area contributed by atoms with Gasteiger partial charge in [0.2, 0.25) is 5.91 Å². The Morgan fingerprint density at radius 3 is 2.52 bits per heavy atom. The first kappa shape index (κ1) is 20.7. The number of hydrogen-bond acceptors (Lipinski definition) is 5. The van der Waals surface area contributed by atoms with Crippen LogP contribution in [-0.4, -0.2) is 42.4 Å². The SMILES string of the molecule is CCCCN1C(=O)CCC(C(=O)OC(C)C(N)=O)C1c1ccc(OC)cc1. The van der Waals surface area contributed by atoms with E-state index < -0.39 is 29.9 Å². The minimum atomic E-state index is -1.00. The standard InChI is InChI=1S/C20H28N2O5/c1-4-5-12-22-17(23)11-10-16(20(25)27-13(2)19(21)24)18(22)14-6-8-15(26-3)9-7-14/h6-9,13,16,18H,4-5,10-12H2,1-3H3,(H2,21,24). The lowest BCUT2D eigenvalue weighted by Gasteiger charge is -2.40. The van der Waals surface area contributed by atoms with E-state index in [1.807, 2.05) is 12.1 Å². The first-order valence-electron chi connectivity index (χ1n) is 9.32. The van der Waals surface area contributed by atoms with Gasteiger partial charge < -0.3 is 20.1 Å². The van der Waals surface area contributed by atoms with Crippen molar-refractivity contribution in [1.82, 2.24) is 4.90 Å². The van der Waals surface area contributed by atoms with Gasteiger partial charge in [-0.1, -0.05) is 25.5 Å². The van der Waals surface area contributed by atoms with Crippen molar-refractivity contribution in [2.45, 2.75) is 51.7 Å². The van der Waals surface area contributed by atoms with Gasteiger partial charge in [0.05, 0.1) is 19.1 Å². The lowest BCUT2D eigenvalue weighted by atomic mass is 9.84. The predicted octanol–water partition coefficient (Wildman–Crippen LogP) is 2.19. The van der Waals surface area contributed by atoms with Crippen molar-refractivity contribution in [2.24, 2.45) is 11.7 Å². The Bertz CT molecular complexity index is 673. The third-order valence-electron chi connectivity index (χ3n) is 4.91. The number of likely N-dealkylation sites (tertiary alicyclic amines) is 1. The Kier molecular flexibility index (Phi) is 7.21. The normalized spacial score (nSPS) is 20.9. The third kappa shape index (κ3) is 4.99. The van der Waals surface area contributed by atoms with Gasteiger partial charge in [-0.15, -0.1) is 0 Å². The number of ether oxygens (including phenoxy) is 2. The zero-order valence-electron chi connectivity index (χ0n) is 16.1. The zero-order valence-corrected chi connectivity index (χ0v) is 16.1. The highest BCUT2D eigenvalue weighted by molar-refractivity contribution is 5.85. The van der Waals surface area contributed by atoms with E-state index in [9.17, 15) is 14.4 Å². The summed E-state index contributed by atoms with van der Waals surface area (Å²) in [6.07, 6.45) is 1.43. The van der Waals surface area contributed by atoms with Crippen molar-refractivity contribution in [3.05, 3.63) is 29.8 Å². The molecule has 148 valence electrons. The molecule has 7 heteroatoms. The third-order valence-corrected chi connectivity index (χ3v) is 4.91. The van der Waals surface area contributed by atoms with Gasteiger partial charge in [0, 0.05) is 13.0 Å². The molecule has 1 aliphatic heterocycles. The number of nitrogens with zero attached hydrogens (tertiary/aromatic N) is 1. The Hall–Kier alpha value is -2.57. The minimum absolute atomic E-state index is 0.0243. The van der Waals surface area contributed by atoms with Crippen molar-refractivity contribution < 1.29 is 23.9 Å². The van der Waals surface area contributed by atoms with E-state index in [0.29, 0.717) is 18.7 Å². The van der Waals surface area contributed by atoms with Gasteiger partial charge in [-0.05, 0) is 37.5 Å². The van der Waals surface area contributed by atoms with Crippen molar-refractivity contribution in [1.29, 1.82) is 0 Å². The molecule has 7 nitrogen and oxygen atoms in total. The quantitative estimate of drug-likeness (QED) is 0.701. The van der Waals surface area contributed by atoms with Crippen molar-refractivity contribution in [3.63, 3.8) is 0 Å². The molecule has 0 aliphatic carbocycles. The molecule has 27 heavy (non-hydrogen) atoms. The van der Waals surface area contributed by atoms with Crippen molar-refractivity contribution in [2.75, 3.05) is 13.7 Å².